The molecule has 0 unspecified atom stereocenters. The molecule has 0 saturated carbocycles. The van der Waals surface area contributed by atoms with Gasteiger partial charge in [0, 0.05) is 40.0 Å². The summed E-state index contributed by atoms with van der Waals surface area (Å²) in [6.45, 7) is 1.46. The molecular formula is C12H21N3O3. The predicted molar refractivity (Wildman–Crippen MR) is 67.0 cm³/mol. The number of rotatable bonds is 4. The Labute approximate surface area is 108 Å². The van der Waals surface area contributed by atoms with Gasteiger partial charge in [-0.1, -0.05) is 0 Å². The third-order valence-electron chi connectivity index (χ3n) is 2.98. The number of Topliss-reactive ketones (excluding diaryl/α,β-unsaturated/α-hetero) is 1. The highest BCUT2D eigenvalue weighted by molar-refractivity contribution is 5.84. The summed E-state index contributed by atoms with van der Waals surface area (Å²) in [6, 6.07) is 0. The summed E-state index contributed by atoms with van der Waals surface area (Å²) < 4.78 is 0. The molecule has 0 N–H and O–H groups in total. The largest absolute Gasteiger partial charge is 0.348 e. The minimum Gasteiger partial charge on any atom is -0.348 e. The molecule has 1 aliphatic heterocycles. The second-order valence-electron chi connectivity index (χ2n) is 4.88. The summed E-state index contributed by atoms with van der Waals surface area (Å²) in [6.07, 6.45) is 0.901. The van der Waals surface area contributed by atoms with E-state index in [1.54, 1.807) is 30.9 Å². The lowest BCUT2D eigenvalue weighted by Gasteiger charge is -2.28. The Morgan fingerprint density at radius 1 is 1.11 bits per heavy atom. The van der Waals surface area contributed by atoms with Crippen LogP contribution >= 0.6 is 0 Å². The summed E-state index contributed by atoms with van der Waals surface area (Å²) in [5.41, 5.74) is 0. The zero-order valence-electron chi connectivity index (χ0n) is 11.3. The number of carbonyl (C=O) groups is 3. The molecule has 102 valence electrons. The molecule has 0 aromatic rings. The third kappa shape index (κ3) is 4.44. The molecule has 0 aliphatic carbocycles. The second kappa shape index (κ2) is 6.49. The van der Waals surface area contributed by atoms with Crippen molar-refractivity contribution in [2.45, 2.75) is 12.8 Å². The van der Waals surface area contributed by atoms with Gasteiger partial charge in [-0.15, -0.1) is 0 Å². The zero-order chi connectivity index (χ0) is 13.7. The van der Waals surface area contributed by atoms with Crippen molar-refractivity contribution < 1.29 is 14.4 Å². The third-order valence-corrected chi connectivity index (χ3v) is 2.98. The predicted octanol–water partition coefficient (Wildman–Crippen LogP) is -0.802. The number of nitrogens with zero attached hydrogens (tertiary/aromatic N) is 3. The first-order valence-corrected chi connectivity index (χ1v) is 6.08. The Morgan fingerprint density at radius 3 is 2.17 bits per heavy atom. The van der Waals surface area contributed by atoms with Gasteiger partial charge in [0.1, 0.15) is 5.78 Å². The number of likely N-dealkylation sites (N-methyl/N-ethyl adjacent to an activating group) is 2. The monoisotopic (exact) mass is 255 g/mol. The van der Waals surface area contributed by atoms with E-state index in [0.717, 1.165) is 0 Å². The van der Waals surface area contributed by atoms with E-state index < -0.39 is 0 Å². The van der Waals surface area contributed by atoms with Gasteiger partial charge in [0.05, 0.1) is 13.1 Å². The van der Waals surface area contributed by atoms with Crippen LogP contribution in [0.5, 0.6) is 0 Å². The standard InChI is InChI=1S/C12H21N3O3/c1-13(2)11(17)8-14(3)9-12(18)15-6-4-10(16)5-7-15/h4-9H2,1-3H3. The lowest BCUT2D eigenvalue weighted by Crippen LogP contribution is -2.45. The van der Waals surface area contributed by atoms with Gasteiger partial charge in [0.15, 0.2) is 0 Å². The molecule has 1 aliphatic rings. The van der Waals surface area contributed by atoms with Crippen LogP contribution < -0.4 is 0 Å². The van der Waals surface area contributed by atoms with E-state index in [2.05, 4.69) is 0 Å². The topological polar surface area (TPSA) is 60.9 Å². The smallest absolute Gasteiger partial charge is 0.236 e. The van der Waals surface area contributed by atoms with Gasteiger partial charge in [-0.25, -0.2) is 0 Å². The Hall–Kier alpha value is -1.43. The molecule has 0 aromatic heterocycles. The van der Waals surface area contributed by atoms with E-state index in [-0.39, 0.29) is 30.7 Å². The second-order valence-corrected chi connectivity index (χ2v) is 4.88. The Morgan fingerprint density at radius 2 is 1.67 bits per heavy atom. The Balaban J connectivity index is 2.35. The van der Waals surface area contributed by atoms with Crippen molar-refractivity contribution >= 4 is 17.6 Å². The summed E-state index contributed by atoms with van der Waals surface area (Å²) >= 11 is 0. The van der Waals surface area contributed by atoms with Crippen LogP contribution in [-0.2, 0) is 14.4 Å². The molecular weight excluding hydrogens is 234 g/mol. The maximum absolute atomic E-state index is 11.9. The maximum Gasteiger partial charge on any atom is 0.236 e. The first kappa shape index (κ1) is 14.6. The maximum atomic E-state index is 11.9. The molecule has 6 heteroatoms. The first-order valence-electron chi connectivity index (χ1n) is 6.08. The van der Waals surface area contributed by atoms with Crippen molar-refractivity contribution in [1.29, 1.82) is 0 Å². The molecule has 1 fully saturated rings. The molecule has 0 atom stereocenters. The van der Waals surface area contributed by atoms with E-state index in [9.17, 15) is 14.4 Å². The fourth-order valence-electron chi connectivity index (χ4n) is 1.76. The van der Waals surface area contributed by atoms with Crippen molar-refractivity contribution in [2.75, 3.05) is 47.3 Å². The normalized spacial score (nSPS) is 16.0. The van der Waals surface area contributed by atoms with Crippen molar-refractivity contribution in [1.82, 2.24) is 14.7 Å². The fraction of sp³-hybridized carbons (Fsp3) is 0.750. The Kier molecular flexibility index (Phi) is 5.27. The van der Waals surface area contributed by atoms with Crippen LogP contribution in [0.1, 0.15) is 12.8 Å². The van der Waals surface area contributed by atoms with E-state index >= 15 is 0 Å². The van der Waals surface area contributed by atoms with Gasteiger partial charge in [0.25, 0.3) is 0 Å². The van der Waals surface area contributed by atoms with Crippen LogP contribution in [0.25, 0.3) is 0 Å². The average Bonchev–Trinajstić information content (AvgIpc) is 2.29. The number of hydrogen-bond donors (Lipinski definition) is 0. The summed E-state index contributed by atoms with van der Waals surface area (Å²) in [5, 5.41) is 0. The molecule has 6 nitrogen and oxygen atoms in total. The number of likely N-dealkylation sites (tertiary alicyclic amines) is 1. The number of piperidine rings is 1. The average molecular weight is 255 g/mol. The van der Waals surface area contributed by atoms with Crippen molar-refractivity contribution in [3.05, 3.63) is 0 Å². The number of hydrogen-bond acceptors (Lipinski definition) is 4. The van der Waals surface area contributed by atoms with Gasteiger partial charge in [-0.3, -0.25) is 19.3 Å². The van der Waals surface area contributed by atoms with Gasteiger partial charge in [-0.2, -0.15) is 0 Å². The molecule has 0 radical (unpaired) electrons. The van der Waals surface area contributed by atoms with Crippen LogP contribution in [0, 0.1) is 0 Å². The minimum absolute atomic E-state index is 0.0171. The first-order chi connectivity index (χ1) is 8.40. The highest BCUT2D eigenvalue weighted by atomic mass is 16.2. The van der Waals surface area contributed by atoms with Gasteiger partial charge < -0.3 is 9.80 Å². The van der Waals surface area contributed by atoms with Gasteiger partial charge >= 0.3 is 0 Å². The molecule has 2 amide bonds. The van der Waals surface area contributed by atoms with E-state index in [4.69, 9.17) is 0 Å². The van der Waals surface area contributed by atoms with Crippen molar-refractivity contribution in [2.24, 2.45) is 0 Å². The lowest BCUT2D eigenvalue weighted by molar-refractivity contribution is -0.136. The SMILES string of the molecule is CN(CC(=O)N(C)C)CC(=O)N1CCC(=O)CC1. The summed E-state index contributed by atoms with van der Waals surface area (Å²) in [7, 11) is 5.12. The Bertz CT molecular complexity index is 331. The van der Waals surface area contributed by atoms with Crippen molar-refractivity contribution in [3.8, 4) is 0 Å². The summed E-state index contributed by atoms with van der Waals surface area (Å²) in [4.78, 5) is 39.3. The van der Waals surface area contributed by atoms with E-state index in [0.29, 0.717) is 25.9 Å². The van der Waals surface area contributed by atoms with Gasteiger partial charge in [0.2, 0.25) is 11.8 Å². The van der Waals surface area contributed by atoms with Crippen LogP contribution in [0.15, 0.2) is 0 Å². The molecule has 0 bridgehead atoms. The zero-order valence-corrected chi connectivity index (χ0v) is 11.3. The van der Waals surface area contributed by atoms with Gasteiger partial charge in [-0.05, 0) is 7.05 Å². The number of ketones is 1. The molecule has 1 heterocycles. The van der Waals surface area contributed by atoms with Crippen LogP contribution in [0.3, 0.4) is 0 Å². The lowest BCUT2D eigenvalue weighted by atomic mass is 10.1. The van der Waals surface area contributed by atoms with Crippen LogP contribution in [0.4, 0.5) is 0 Å². The quantitative estimate of drug-likeness (QED) is 0.660. The highest BCUT2D eigenvalue weighted by Crippen LogP contribution is 2.06. The molecule has 1 rings (SSSR count). The number of carbonyl (C=O) groups excluding carboxylic acids is 3. The van der Waals surface area contributed by atoms with E-state index in [1.807, 2.05) is 0 Å². The minimum atomic E-state index is -0.0286. The fourth-order valence-corrected chi connectivity index (χ4v) is 1.76. The molecule has 0 aromatic carbocycles. The molecule has 1 saturated heterocycles. The van der Waals surface area contributed by atoms with Crippen LogP contribution in [0.2, 0.25) is 0 Å². The molecule has 0 spiro atoms. The number of amides is 2. The summed E-state index contributed by atoms with van der Waals surface area (Å²) in [5.74, 6) is 0.172. The van der Waals surface area contributed by atoms with Crippen molar-refractivity contribution in [3.63, 3.8) is 0 Å². The molecule has 18 heavy (non-hydrogen) atoms. The van der Waals surface area contributed by atoms with E-state index in [1.165, 1.54) is 4.90 Å². The van der Waals surface area contributed by atoms with Crippen LogP contribution in [-0.4, -0.2) is 79.6 Å². The highest BCUT2D eigenvalue weighted by Gasteiger charge is 2.22.